The largest absolute Gasteiger partial charge is 0.332 e. The van der Waals surface area contributed by atoms with Gasteiger partial charge in [-0.2, -0.15) is 10.4 Å². The smallest absolute Gasteiger partial charge is 0.319 e. The van der Waals surface area contributed by atoms with Gasteiger partial charge >= 0.3 is 6.03 Å². The van der Waals surface area contributed by atoms with Gasteiger partial charge in [-0.05, 0) is 63.1 Å². The zero-order valence-electron chi connectivity index (χ0n) is 18.2. The van der Waals surface area contributed by atoms with E-state index in [1.54, 1.807) is 24.3 Å². The number of nitrogens with one attached hydrogen (secondary N) is 2. The van der Waals surface area contributed by atoms with Crippen LogP contribution in [0, 0.1) is 32.1 Å². The predicted molar refractivity (Wildman–Crippen MR) is 126 cm³/mol. The predicted octanol–water partition coefficient (Wildman–Crippen LogP) is 5.56. The highest BCUT2D eigenvalue weighted by Gasteiger charge is 2.27. The number of carbonyl (C=O) groups is 1. The van der Waals surface area contributed by atoms with Crippen molar-refractivity contribution in [2.45, 2.75) is 39.2 Å². The quantitative estimate of drug-likeness (QED) is 0.516. The van der Waals surface area contributed by atoms with E-state index >= 15 is 0 Å². The molecule has 3 aromatic rings. The molecule has 2 aromatic carbocycles. The molecule has 0 radical (unpaired) electrons. The number of nitrogens with zero attached hydrogens (tertiary/aromatic N) is 3. The van der Waals surface area contributed by atoms with Crippen molar-refractivity contribution in [1.29, 1.82) is 5.26 Å². The van der Waals surface area contributed by atoms with E-state index in [4.69, 9.17) is 22.0 Å². The van der Waals surface area contributed by atoms with Crippen LogP contribution < -0.4 is 10.6 Å². The maximum atomic E-state index is 12.4. The molecule has 6 nitrogen and oxygen atoms in total. The number of rotatable bonds is 4. The lowest BCUT2D eigenvalue weighted by Crippen LogP contribution is -2.36. The monoisotopic (exact) mass is 445 g/mol. The van der Waals surface area contributed by atoms with E-state index < -0.39 is 0 Å². The van der Waals surface area contributed by atoms with E-state index in [0.29, 0.717) is 16.3 Å². The number of carbonyl (C=O) groups excluding carboxylic acids is 1. The Morgan fingerprint density at radius 1 is 1.19 bits per heavy atom. The molecule has 2 N–H and O–H groups in total. The number of urea groups is 1. The molecule has 0 spiro atoms. The number of allylic oxidation sites excluding steroid dienone is 1. The van der Waals surface area contributed by atoms with Crippen molar-refractivity contribution >= 4 is 23.3 Å². The first-order valence-corrected chi connectivity index (χ1v) is 10.8. The first-order chi connectivity index (χ1) is 15.4. The van der Waals surface area contributed by atoms with Gasteiger partial charge in [-0.25, -0.2) is 9.48 Å². The molecular weight excluding hydrogens is 422 g/mol. The number of hydrogen-bond donors (Lipinski definition) is 2. The number of nitriles is 1. The first kappa shape index (κ1) is 21.7. The third-order valence-electron chi connectivity index (χ3n) is 5.77. The summed E-state index contributed by atoms with van der Waals surface area (Å²) in [6.45, 7) is 6.05. The summed E-state index contributed by atoms with van der Waals surface area (Å²) in [5.41, 5.74) is 6.25. The van der Waals surface area contributed by atoms with Gasteiger partial charge in [0.05, 0.1) is 23.0 Å². The van der Waals surface area contributed by atoms with Crippen LogP contribution in [0.1, 0.15) is 40.4 Å². The fourth-order valence-corrected chi connectivity index (χ4v) is 4.35. The zero-order chi connectivity index (χ0) is 22.8. The van der Waals surface area contributed by atoms with Crippen molar-refractivity contribution in [2.75, 3.05) is 5.32 Å². The van der Waals surface area contributed by atoms with Crippen LogP contribution in [0.15, 0.2) is 54.6 Å². The highest BCUT2D eigenvalue weighted by molar-refractivity contribution is 6.31. The van der Waals surface area contributed by atoms with Crippen molar-refractivity contribution in [3.8, 4) is 11.8 Å². The Kier molecular flexibility index (Phi) is 6.02. The maximum Gasteiger partial charge on any atom is 0.319 e. The molecule has 4 rings (SSSR count). The SMILES string of the molecule is Cc1ccc(-n2nc(C)c([C@@H]3C=C[C@@H](NC(=O)Nc4cccc(C#N)c4)C3)c2C)cc1Cl. The molecule has 1 heterocycles. The number of halogens is 1. The minimum absolute atomic E-state index is 0.0879. The summed E-state index contributed by atoms with van der Waals surface area (Å²) < 4.78 is 1.93. The van der Waals surface area contributed by atoms with Crippen LogP contribution in [0.2, 0.25) is 5.02 Å². The molecule has 162 valence electrons. The molecule has 32 heavy (non-hydrogen) atoms. The van der Waals surface area contributed by atoms with Crippen LogP contribution in [0.5, 0.6) is 0 Å². The van der Waals surface area contributed by atoms with Gasteiger partial charge < -0.3 is 10.6 Å². The van der Waals surface area contributed by atoms with Crippen LogP contribution in [0.3, 0.4) is 0 Å². The molecule has 0 aliphatic heterocycles. The van der Waals surface area contributed by atoms with Crippen LogP contribution in [-0.4, -0.2) is 21.9 Å². The zero-order valence-corrected chi connectivity index (χ0v) is 18.9. The Balaban J connectivity index is 1.45. The van der Waals surface area contributed by atoms with Crippen molar-refractivity contribution in [2.24, 2.45) is 0 Å². The Labute approximate surface area is 192 Å². The summed E-state index contributed by atoms with van der Waals surface area (Å²) in [6.07, 6.45) is 4.91. The lowest BCUT2D eigenvalue weighted by Gasteiger charge is -2.15. The number of hydrogen-bond acceptors (Lipinski definition) is 3. The number of amides is 2. The molecule has 1 aliphatic carbocycles. The summed E-state index contributed by atoms with van der Waals surface area (Å²) in [5.74, 6) is 0.164. The molecule has 1 aliphatic rings. The topological polar surface area (TPSA) is 82.7 Å². The molecule has 0 unspecified atom stereocenters. The lowest BCUT2D eigenvalue weighted by molar-refractivity contribution is 0.250. The van der Waals surface area contributed by atoms with Gasteiger partial charge in [-0.3, -0.25) is 0 Å². The van der Waals surface area contributed by atoms with E-state index in [0.717, 1.165) is 29.1 Å². The van der Waals surface area contributed by atoms with E-state index in [-0.39, 0.29) is 18.0 Å². The average Bonchev–Trinajstić information content (AvgIpc) is 3.33. The summed E-state index contributed by atoms with van der Waals surface area (Å²) in [7, 11) is 0. The molecule has 2 amide bonds. The van der Waals surface area contributed by atoms with Gasteiger partial charge in [0.25, 0.3) is 0 Å². The van der Waals surface area contributed by atoms with Crippen LogP contribution >= 0.6 is 11.6 Å². The van der Waals surface area contributed by atoms with Crippen molar-refractivity contribution in [1.82, 2.24) is 15.1 Å². The Bertz CT molecular complexity index is 1250. The standard InChI is InChI=1S/C25H24ClN5O/c1-15-7-10-22(13-23(15)26)31-17(3)24(16(2)30-31)19-8-9-21(12-19)29-25(32)28-20-6-4-5-18(11-20)14-27/h4-11,13,19,21H,12H2,1-3H3,(H2,28,29,32)/t19-,21-/m1/s1. The molecule has 7 heteroatoms. The first-order valence-electron chi connectivity index (χ1n) is 10.4. The number of anilines is 1. The molecule has 0 fully saturated rings. The highest BCUT2D eigenvalue weighted by atomic mass is 35.5. The Hall–Kier alpha value is -3.56. The highest BCUT2D eigenvalue weighted by Crippen LogP contribution is 2.34. The molecule has 0 saturated carbocycles. The Morgan fingerprint density at radius 3 is 2.75 bits per heavy atom. The van der Waals surface area contributed by atoms with Crippen molar-refractivity contribution in [3.63, 3.8) is 0 Å². The van der Waals surface area contributed by atoms with Gasteiger partial charge in [0, 0.05) is 33.9 Å². The second-order valence-corrected chi connectivity index (χ2v) is 8.46. The average molecular weight is 446 g/mol. The van der Waals surface area contributed by atoms with E-state index in [1.165, 1.54) is 5.56 Å². The number of benzene rings is 2. The normalized spacial score (nSPS) is 17.2. The van der Waals surface area contributed by atoms with Gasteiger partial charge in [0.15, 0.2) is 0 Å². The second-order valence-electron chi connectivity index (χ2n) is 8.05. The fraction of sp³-hybridized carbons (Fsp3) is 0.240. The molecule has 0 bridgehead atoms. The Morgan fingerprint density at radius 2 is 2.00 bits per heavy atom. The maximum absolute atomic E-state index is 12.4. The molecule has 0 saturated heterocycles. The van der Waals surface area contributed by atoms with E-state index in [2.05, 4.69) is 29.7 Å². The van der Waals surface area contributed by atoms with Gasteiger partial charge in [0.2, 0.25) is 0 Å². The van der Waals surface area contributed by atoms with E-state index in [1.807, 2.05) is 42.8 Å². The minimum Gasteiger partial charge on any atom is -0.332 e. The summed E-state index contributed by atoms with van der Waals surface area (Å²) in [4.78, 5) is 12.4. The van der Waals surface area contributed by atoms with E-state index in [9.17, 15) is 4.79 Å². The summed E-state index contributed by atoms with van der Waals surface area (Å²) >= 11 is 6.32. The second kappa shape index (κ2) is 8.89. The van der Waals surface area contributed by atoms with Crippen molar-refractivity contribution < 1.29 is 4.79 Å². The molecular formula is C25H24ClN5O. The summed E-state index contributed by atoms with van der Waals surface area (Å²) in [6, 6.07) is 14.5. The van der Waals surface area contributed by atoms with Crippen LogP contribution in [-0.2, 0) is 0 Å². The van der Waals surface area contributed by atoms with Crippen molar-refractivity contribution in [3.05, 3.63) is 87.7 Å². The fourth-order valence-electron chi connectivity index (χ4n) is 4.18. The van der Waals surface area contributed by atoms with Gasteiger partial charge in [0.1, 0.15) is 0 Å². The number of aromatic nitrogens is 2. The third-order valence-corrected chi connectivity index (χ3v) is 6.17. The lowest BCUT2D eigenvalue weighted by atomic mass is 9.96. The van der Waals surface area contributed by atoms with Crippen LogP contribution in [0.25, 0.3) is 5.69 Å². The minimum atomic E-state index is -0.297. The van der Waals surface area contributed by atoms with Gasteiger partial charge in [-0.1, -0.05) is 35.9 Å². The molecule has 2 atom stereocenters. The van der Waals surface area contributed by atoms with Crippen LogP contribution in [0.4, 0.5) is 10.5 Å². The molecule has 1 aromatic heterocycles. The summed E-state index contributed by atoms with van der Waals surface area (Å²) in [5, 5.41) is 20.3. The third kappa shape index (κ3) is 4.39. The number of aryl methyl sites for hydroxylation is 2. The van der Waals surface area contributed by atoms with Gasteiger partial charge in [-0.15, -0.1) is 0 Å².